The summed E-state index contributed by atoms with van der Waals surface area (Å²) in [6.07, 6.45) is 0.871. The highest BCUT2D eigenvalue weighted by Crippen LogP contribution is 2.23. The van der Waals surface area contributed by atoms with Crippen molar-refractivity contribution in [2.75, 3.05) is 19.8 Å². The Morgan fingerprint density at radius 1 is 1.25 bits per heavy atom. The predicted octanol–water partition coefficient (Wildman–Crippen LogP) is 2.14. The number of hydrogen-bond donors (Lipinski definition) is 2. The molecule has 0 aliphatic heterocycles. The molecule has 1 rings (SSSR count). The van der Waals surface area contributed by atoms with Gasteiger partial charge in [0.25, 0.3) is 0 Å². The highest BCUT2D eigenvalue weighted by molar-refractivity contribution is 6.42. The fourth-order valence-electron chi connectivity index (χ4n) is 1.46. The molecule has 5 nitrogen and oxygen atoms in total. The summed E-state index contributed by atoms with van der Waals surface area (Å²) >= 11 is 11.7. The first-order valence-corrected chi connectivity index (χ1v) is 6.75. The Morgan fingerprint density at radius 2 is 2.00 bits per heavy atom. The van der Waals surface area contributed by atoms with Gasteiger partial charge in [-0.25, -0.2) is 4.79 Å². The Bertz CT molecular complexity index is 479. The van der Waals surface area contributed by atoms with Gasteiger partial charge in [-0.15, -0.1) is 0 Å². The second kappa shape index (κ2) is 8.79. The number of halogens is 2. The van der Waals surface area contributed by atoms with Crippen LogP contribution in [0.25, 0.3) is 0 Å². The summed E-state index contributed by atoms with van der Waals surface area (Å²) in [6.45, 7) is 0.0947. The van der Waals surface area contributed by atoms with Gasteiger partial charge in [-0.05, 0) is 24.1 Å². The molecule has 20 heavy (non-hydrogen) atoms. The van der Waals surface area contributed by atoms with E-state index in [2.05, 4.69) is 5.32 Å². The number of rotatable bonds is 8. The van der Waals surface area contributed by atoms with Crippen LogP contribution < -0.4 is 5.32 Å². The van der Waals surface area contributed by atoms with E-state index in [1.54, 1.807) is 12.1 Å². The van der Waals surface area contributed by atoms with Crippen molar-refractivity contribution in [1.29, 1.82) is 0 Å². The molecule has 0 bridgehead atoms. The van der Waals surface area contributed by atoms with Crippen LogP contribution in [0.3, 0.4) is 0 Å². The van der Waals surface area contributed by atoms with Gasteiger partial charge in [-0.2, -0.15) is 0 Å². The lowest BCUT2D eigenvalue weighted by atomic mass is 10.1. The van der Waals surface area contributed by atoms with Gasteiger partial charge in [-0.1, -0.05) is 29.3 Å². The highest BCUT2D eigenvalue weighted by atomic mass is 35.5. The van der Waals surface area contributed by atoms with E-state index in [9.17, 15) is 9.59 Å². The van der Waals surface area contributed by atoms with Gasteiger partial charge in [0.2, 0.25) is 5.91 Å². The van der Waals surface area contributed by atoms with Crippen molar-refractivity contribution in [2.24, 2.45) is 0 Å². The van der Waals surface area contributed by atoms with E-state index >= 15 is 0 Å². The summed E-state index contributed by atoms with van der Waals surface area (Å²) in [5.41, 5.74) is 0.927. The molecule has 0 aromatic heterocycles. The SMILES string of the molecule is O=C(O)COCCNC(=O)CCc1ccc(Cl)c(Cl)c1. The van der Waals surface area contributed by atoms with Crippen LogP contribution in [0.15, 0.2) is 18.2 Å². The fourth-order valence-corrected chi connectivity index (χ4v) is 1.78. The summed E-state index contributed by atoms with van der Waals surface area (Å²) in [6, 6.07) is 5.24. The third kappa shape index (κ3) is 6.75. The van der Waals surface area contributed by atoms with Crippen molar-refractivity contribution >= 4 is 35.1 Å². The van der Waals surface area contributed by atoms with Gasteiger partial charge < -0.3 is 15.2 Å². The smallest absolute Gasteiger partial charge is 0.329 e. The minimum Gasteiger partial charge on any atom is -0.480 e. The topological polar surface area (TPSA) is 75.6 Å². The Labute approximate surface area is 126 Å². The number of nitrogens with one attached hydrogen (secondary N) is 1. The van der Waals surface area contributed by atoms with Gasteiger partial charge in [0.15, 0.2) is 0 Å². The number of hydrogen-bond acceptors (Lipinski definition) is 3. The fraction of sp³-hybridized carbons (Fsp3) is 0.385. The van der Waals surface area contributed by atoms with Crippen LogP contribution >= 0.6 is 23.2 Å². The molecule has 0 fully saturated rings. The van der Waals surface area contributed by atoms with E-state index in [0.717, 1.165) is 5.56 Å². The Morgan fingerprint density at radius 3 is 2.65 bits per heavy atom. The molecule has 0 unspecified atom stereocenters. The first-order valence-electron chi connectivity index (χ1n) is 5.99. The monoisotopic (exact) mass is 319 g/mol. The van der Waals surface area contributed by atoms with E-state index in [1.807, 2.05) is 6.07 Å². The van der Waals surface area contributed by atoms with Crippen LogP contribution in [0.4, 0.5) is 0 Å². The van der Waals surface area contributed by atoms with E-state index < -0.39 is 5.97 Å². The minimum atomic E-state index is -1.03. The Kier molecular flexibility index (Phi) is 7.36. The van der Waals surface area contributed by atoms with Crippen molar-refractivity contribution in [3.05, 3.63) is 33.8 Å². The standard InChI is InChI=1S/C13H15Cl2NO4/c14-10-3-1-9(7-11(10)15)2-4-12(17)16-5-6-20-8-13(18)19/h1,3,7H,2,4-6,8H2,(H,16,17)(H,18,19). The van der Waals surface area contributed by atoms with Gasteiger partial charge in [0.1, 0.15) is 6.61 Å². The molecule has 2 N–H and O–H groups in total. The van der Waals surface area contributed by atoms with Crippen molar-refractivity contribution < 1.29 is 19.4 Å². The lowest BCUT2D eigenvalue weighted by Crippen LogP contribution is -2.28. The molecule has 1 aromatic carbocycles. The van der Waals surface area contributed by atoms with Gasteiger partial charge in [-0.3, -0.25) is 4.79 Å². The molecule has 0 saturated carbocycles. The molecule has 0 heterocycles. The maximum atomic E-state index is 11.5. The summed E-state index contributed by atoms with van der Waals surface area (Å²) in [5.74, 6) is -1.16. The lowest BCUT2D eigenvalue weighted by Gasteiger charge is -2.06. The molecule has 0 saturated heterocycles. The van der Waals surface area contributed by atoms with Crippen molar-refractivity contribution in [2.45, 2.75) is 12.8 Å². The quantitative estimate of drug-likeness (QED) is 0.720. The average Bonchev–Trinajstić information content (AvgIpc) is 2.39. The maximum absolute atomic E-state index is 11.5. The largest absolute Gasteiger partial charge is 0.480 e. The minimum absolute atomic E-state index is 0.130. The number of amides is 1. The lowest BCUT2D eigenvalue weighted by molar-refractivity contribution is -0.142. The second-order valence-corrected chi connectivity index (χ2v) is 4.86. The molecule has 0 aliphatic carbocycles. The zero-order chi connectivity index (χ0) is 15.0. The van der Waals surface area contributed by atoms with E-state index in [0.29, 0.717) is 22.9 Å². The van der Waals surface area contributed by atoms with Crippen LogP contribution in [0.1, 0.15) is 12.0 Å². The summed E-state index contributed by atoms with van der Waals surface area (Å²) in [7, 11) is 0. The second-order valence-electron chi connectivity index (χ2n) is 4.04. The number of carbonyl (C=O) groups is 2. The number of benzene rings is 1. The van der Waals surface area contributed by atoms with E-state index in [1.165, 1.54) is 0 Å². The van der Waals surface area contributed by atoms with Crippen LogP contribution in [-0.2, 0) is 20.7 Å². The summed E-state index contributed by atoms with van der Waals surface area (Å²) in [4.78, 5) is 21.7. The zero-order valence-corrected chi connectivity index (χ0v) is 12.2. The molecule has 110 valence electrons. The number of carboxylic acids is 1. The molecule has 0 aliphatic rings. The molecule has 0 radical (unpaired) electrons. The zero-order valence-electron chi connectivity index (χ0n) is 10.7. The molecule has 1 aromatic rings. The number of carbonyl (C=O) groups excluding carboxylic acids is 1. The van der Waals surface area contributed by atoms with Crippen LogP contribution in [-0.4, -0.2) is 36.7 Å². The Balaban J connectivity index is 2.19. The molecule has 0 spiro atoms. The normalized spacial score (nSPS) is 10.3. The van der Waals surface area contributed by atoms with Crippen LogP contribution in [0.2, 0.25) is 10.0 Å². The third-order valence-corrected chi connectivity index (χ3v) is 3.16. The van der Waals surface area contributed by atoms with Gasteiger partial charge in [0, 0.05) is 13.0 Å². The molecular formula is C13H15Cl2NO4. The molecule has 0 atom stereocenters. The maximum Gasteiger partial charge on any atom is 0.329 e. The van der Waals surface area contributed by atoms with Gasteiger partial charge in [0.05, 0.1) is 16.7 Å². The first-order chi connectivity index (χ1) is 9.49. The Hall–Kier alpha value is -1.30. The highest BCUT2D eigenvalue weighted by Gasteiger charge is 2.04. The summed E-state index contributed by atoms with van der Waals surface area (Å²) in [5, 5.41) is 11.9. The van der Waals surface area contributed by atoms with Gasteiger partial charge >= 0.3 is 5.97 Å². The van der Waals surface area contributed by atoms with Crippen molar-refractivity contribution in [3.8, 4) is 0 Å². The van der Waals surface area contributed by atoms with Crippen molar-refractivity contribution in [1.82, 2.24) is 5.32 Å². The first kappa shape index (κ1) is 16.8. The summed E-state index contributed by atoms with van der Waals surface area (Å²) < 4.78 is 4.79. The third-order valence-electron chi connectivity index (χ3n) is 2.42. The van der Waals surface area contributed by atoms with E-state index in [-0.39, 0.29) is 25.7 Å². The van der Waals surface area contributed by atoms with E-state index in [4.69, 9.17) is 33.0 Å². The number of aliphatic carboxylic acids is 1. The molecule has 7 heteroatoms. The average molecular weight is 320 g/mol. The number of aryl methyl sites for hydroxylation is 1. The van der Waals surface area contributed by atoms with Crippen LogP contribution in [0, 0.1) is 0 Å². The molecule has 1 amide bonds. The number of carboxylic acid groups (broad SMARTS) is 1. The van der Waals surface area contributed by atoms with Crippen LogP contribution in [0.5, 0.6) is 0 Å². The predicted molar refractivity (Wildman–Crippen MR) is 76.2 cm³/mol. The number of ether oxygens (including phenoxy) is 1. The molecular weight excluding hydrogens is 305 g/mol. The van der Waals surface area contributed by atoms with Crippen molar-refractivity contribution in [3.63, 3.8) is 0 Å².